The minimum atomic E-state index is -0.467. The highest BCUT2D eigenvalue weighted by molar-refractivity contribution is 5.79. The summed E-state index contributed by atoms with van der Waals surface area (Å²) in [5.74, 6) is -0.446. The second-order valence-electron chi connectivity index (χ2n) is 6.70. The summed E-state index contributed by atoms with van der Waals surface area (Å²) in [5, 5.41) is 0. The second-order valence-corrected chi connectivity index (χ2v) is 6.70. The quantitative estimate of drug-likeness (QED) is 0.582. The summed E-state index contributed by atoms with van der Waals surface area (Å²) in [4.78, 5) is 26.8. The monoisotopic (exact) mass is 329 g/mol. The van der Waals surface area contributed by atoms with Gasteiger partial charge < -0.3 is 9.64 Å². The third kappa shape index (κ3) is 4.25. The van der Waals surface area contributed by atoms with Crippen LogP contribution in [0.2, 0.25) is 0 Å². The maximum absolute atomic E-state index is 12.6. The standard InChI is InChI=1S/C20H27NO3/c1-14-10-8-9-11-15(2)20(23)24-18(16(3)21(4)19(14)22)17-12-6-5-7-13-17/h5-9,12-16,18H,10-11H2,1-4H3/t14-,15-,16-,18?/m1/s1. The normalized spacial score (nSPS) is 29.6. The Balaban J connectivity index is 2.36. The number of benzene rings is 1. The van der Waals surface area contributed by atoms with Crippen LogP contribution in [0.15, 0.2) is 42.5 Å². The number of ether oxygens (including phenoxy) is 1. The molecule has 1 aromatic rings. The third-order valence-corrected chi connectivity index (χ3v) is 4.74. The van der Waals surface area contributed by atoms with Crippen LogP contribution in [-0.2, 0) is 14.3 Å². The average Bonchev–Trinajstić information content (AvgIpc) is 2.60. The van der Waals surface area contributed by atoms with Crippen molar-refractivity contribution in [1.29, 1.82) is 0 Å². The molecule has 1 aliphatic rings. The lowest BCUT2D eigenvalue weighted by Crippen LogP contribution is -2.43. The number of rotatable bonds is 1. The fourth-order valence-corrected chi connectivity index (χ4v) is 2.88. The highest BCUT2D eigenvalue weighted by Crippen LogP contribution is 2.28. The Bertz CT molecular complexity index is 596. The molecule has 0 aliphatic carbocycles. The zero-order valence-corrected chi connectivity index (χ0v) is 14.9. The predicted molar refractivity (Wildman–Crippen MR) is 94.2 cm³/mol. The number of cyclic esters (lactones) is 1. The molecule has 0 aromatic heterocycles. The first-order chi connectivity index (χ1) is 11.4. The number of carbonyl (C=O) groups excluding carboxylic acids is 2. The van der Waals surface area contributed by atoms with Crippen molar-refractivity contribution in [1.82, 2.24) is 4.90 Å². The molecule has 1 amide bonds. The average molecular weight is 329 g/mol. The number of esters is 1. The minimum absolute atomic E-state index is 0.0674. The summed E-state index contributed by atoms with van der Waals surface area (Å²) < 4.78 is 5.82. The van der Waals surface area contributed by atoms with E-state index in [9.17, 15) is 9.59 Å². The molecule has 1 aromatic carbocycles. The molecular formula is C20H27NO3. The SMILES string of the molecule is C[C@@H]1CC=CC[C@@H](C)C(=O)N(C)[C@H](C)C(c2ccccc2)OC1=O. The zero-order chi connectivity index (χ0) is 17.7. The Hall–Kier alpha value is -2.10. The molecule has 0 N–H and O–H groups in total. The van der Waals surface area contributed by atoms with E-state index >= 15 is 0 Å². The lowest BCUT2D eigenvalue weighted by Gasteiger charge is -2.34. The van der Waals surface area contributed by atoms with Crippen LogP contribution >= 0.6 is 0 Å². The number of hydrogen-bond acceptors (Lipinski definition) is 3. The van der Waals surface area contributed by atoms with Gasteiger partial charge in [-0.1, -0.05) is 56.3 Å². The summed E-state index contributed by atoms with van der Waals surface area (Å²) in [6, 6.07) is 9.40. The van der Waals surface area contributed by atoms with Gasteiger partial charge in [0.15, 0.2) is 0 Å². The van der Waals surface area contributed by atoms with Gasteiger partial charge in [-0.25, -0.2) is 0 Å². The van der Waals surface area contributed by atoms with E-state index in [0.29, 0.717) is 12.8 Å². The smallest absolute Gasteiger partial charge is 0.309 e. The molecule has 0 spiro atoms. The highest BCUT2D eigenvalue weighted by Gasteiger charge is 2.32. The molecule has 4 nitrogen and oxygen atoms in total. The molecule has 0 saturated heterocycles. The van der Waals surface area contributed by atoms with Crippen LogP contribution in [0.3, 0.4) is 0 Å². The lowest BCUT2D eigenvalue weighted by atomic mass is 9.98. The molecule has 1 unspecified atom stereocenters. The first-order valence-electron chi connectivity index (χ1n) is 8.59. The van der Waals surface area contributed by atoms with Crippen molar-refractivity contribution in [3.05, 3.63) is 48.0 Å². The third-order valence-electron chi connectivity index (χ3n) is 4.74. The maximum Gasteiger partial charge on any atom is 0.309 e. The maximum atomic E-state index is 12.6. The molecule has 1 heterocycles. The van der Waals surface area contributed by atoms with Crippen molar-refractivity contribution >= 4 is 11.9 Å². The molecule has 0 bridgehead atoms. The molecular weight excluding hydrogens is 302 g/mol. The molecule has 0 saturated carbocycles. The van der Waals surface area contributed by atoms with Crippen LogP contribution in [-0.4, -0.2) is 29.9 Å². The number of amides is 1. The Labute approximate surface area is 144 Å². The van der Waals surface area contributed by atoms with Crippen molar-refractivity contribution in [3.8, 4) is 0 Å². The highest BCUT2D eigenvalue weighted by atomic mass is 16.5. The van der Waals surface area contributed by atoms with Crippen molar-refractivity contribution < 1.29 is 14.3 Å². The number of allylic oxidation sites excluding steroid dienone is 2. The summed E-state index contributed by atoms with van der Waals surface area (Å²) in [5.41, 5.74) is 0.908. The summed E-state index contributed by atoms with van der Waals surface area (Å²) in [6.07, 6.45) is 4.81. The topological polar surface area (TPSA) is 46.6 Å². The molecule has 1 aliphatic heterocycles. The fraction of sp³-hybridized carbons (Fsp3) is 0.500. The van der Waals surface area contributed by atoms with Crippen molar-refractivity contribution in [3.63, 3.8) is 0 Å². The fourth-order valence-electron chi connectivity index (χ4n) is 2.88. The first kappa shape index (κ1) is 18.2. The van der Waals surface area contributed by atoms with Gasteiger partial charge in [-0.15, -0.1) is 0 Å². The molecule has 130 valence electrons. The van der Waals surface area contributed by atoms with Gasteiger partial charge in [0.1, 0.15) is 6.10 Å². The predicted octanol–water partition coefficient (Wildman–Crippen LogP) is 3.74. The summed E-state index contributed by atoms with van der Waals surface area (Å²) in [6.45, 7) is 5.75. The van der Waals surface area contributed by atoms with E-state index in [2.05, 4.69) is 0 Å². The molecule has 0 fully saturated rings. The molecule has 0 radical (unpaired) electrons. The van der Waals surface area contributed by atoms with Gasteiger partial charge in [-0.2, -0.15) is 0 Å². The largest absolute Gasteiger partial charge is 0.455 e. The summed E-state index contributed by atoms with van der Waals surface area (Å²) in [7, 11) is 1.78. The van der Waals surface area contributed by atoms with Crippen LogP contribution in [0.25, 0.3) is 0 Å². The van der Waals surface area contributed by atoms with Crippen LogP contribution in [0.5, 0.6) is 0 Å². The minimum Gasteiger partial charge on any atom is -0.455 e. The van der Waals surface area contributed by atoms with E-state index in [1.807, 2.05) is 63.3 Å². The van der Waals surface area contributed by atoms with E-state index in [1.54, 1.807) is 11.9 Å². The van der Waals surface area contributed by atoms with E-state index < -0.39 is 6.10 Å². The number of hydrogen-bond donors (Lipinski definition) is 0. The summed E-state index contributed by atoms with van der Waals surface area (Å²) >= 11 is 0. The van der Waals surface area contributed by atoms with Gasteiger partial charge in [0, 0.05) is 13.0 Å². The van der Waals surface area contributed by atoms with E-state index in [-0.39, 0.29) is 29.8 Å². The van der Waals surface area contributed by atoms with Gasteiger partial charge in [-0.05, 0) is 25.3 Å². The van der Waals surface area contributed by atoms with Gasteiger partial charge in [0.05, 0.1) is 12.0 Å². The van der Waals surface area contributed by atoms with E-state index in [1.165, 1.54) is 0 Å². The van der Waals surface area contributed by atoms with Gasteiger partial charge in [0.2, 0.25) is 5.91 Å². The van der Waals surface area contributed by atoms with Crippen LogP contribution in [0.1, 0.15) is 45.3 Å². The Kier molecular flexibility index (Phi) is 6.18. The van der Waals surface area contributed by atoms with Gasteiger partial charge in [0.25, 0.3) is 0 Å². The molecule has 4 atom stereocenters. The van der Waals surface area contributed by atoms with Crippen molar-refractivity contribution in [2.24, 2.45) is 11.8 Å². The Morgan fingerprint density at radius 3 is 2.17 bits per heavy atom. The van der Waals surface area contributed by atoms with Crippen molar-refractivity contribution in [2.45, 2.75) is 45.8 Å². The molecule has 2 rings (SSSR count). The second kappa shape index (κ2) is 8.13. The number of likely N-dealkylation sites (N-methyl/N-ethyl adjacent to an activating group) is 1. The van der Waals surface area contributed by atoms with E-state index in [0.717, 1.165) is 5.56 Å². The Morgan fingerprint density at radius 2 is 1.54 bits per heavy atom. The van der Waals surface area contributed by atoms with Gasteiger partial charge in [-0.3, -0.25) is 9.59 Å². The number of nitrogens with zero attached hydrogens (tertiary/aromatic N) is 1. The van der Waals surface area contributed by atoms with Crippen molar-refractivity contribution in [2.75, 3.05) is 7.05 Å². The number of carbonyl (C=O) groups is 2. The Morgan fingerprint density at radius 1 is 0.958 bits per heavy atom. The zero-order valence-electron chi connectivity index (χ0n) is 14.9. The van der Waals surface area contributed by atoms with Gasteiger partial charge >= 0.3 is 5.97 Å². The first-order valence-corrected chi connectivity index (χ1v) is 8.59. The van der Waals surface area contributed by atoms with Crippen LogP contribution in [0, 0.1) is 11.8 Å². The van der Waals surface area contributed by atoms with Crippen LogP contribution < -0.4 is 0 Å². The van der Waals surface area contributed by atoms with Crippen LogP contribution in [0.4, 0.5) is 0 Å². The lowest BCUT2D eigenvalue weighted by molar-refractivity contribution is -0.160. The van der Waals surface area contributed by atoms with E-state index in [4.69, 9.17) is 4.74 Å². The molecule has 24 heavy (non-hydrogen) atoms. The molecule has 4 heteroatoms.